The van der Waals surface area contributed by atoms with Crippen molar-refractivity contribution < 1.29 is 9.59 Å². The molecule has 0 aliphatic carbocycles. The molecule has 0 spiro atoms. The lowest BCUT2D eigenvalue weighted by molar-refractivity contribution is -0.117. The van der Waals surface area contributed by atoms with Crippen molar-refractivity contribution >= 4 is 28.6 Å². The summed E-state index contributed by atoms with van der Waals surface area (Å²) in [5, 5.41) is 7.34. The third kappa shape index (κ3) is 3.22. The molecule has 1 fully saturated rings. The first-order valence-electron chi connectivity index (χ1n) is 7.18. The first-order chi connectivity index (χ1) is 10.6. The van der Waals surface area contributed by atoms with Crippen LogP contribution < -0.4 is 4.90 Å². The summed E-state index contributed by atoms with van der Waals surface area (Å²) in [6.45, 7) is 2.18. The van der Waals surface area contributed by atoms with Gasteiger partial charge < -0.3 is 0 Å². The Kier molecular flexibility index (Phi) is 4.29. The van der Waals surface area contributed by atoms with E-state index >= 15 is 0 Å². The molecule has 0 saturated carbocycles. The third-order valence-corrected chi connectivity index (χ3v) is 4.70. The molecule has 0 radical (unpaired) electrons. The van der Waals surface area contributed by atoms with Crippen molar-refractivity contribution in [3.8, 4) is 11.3 Å². The maximum absolute atomic E-state index is 12.2. The van der Waals surface area contributed by atoms with Crippen LogP contribution in [0, 0.1) is 5.92 Å². The Balaban J connectivity index is 1.71. The number of amides is 1. The number of carbonyl (C=O) groups excluding carboxylic acids is 2. The minimum Gasteiger partial charge on any atom is -0.295 e. The number of benzene rings is 1. The number of nitrogens with one attached hydrogen (secondary N) is 1. The molecule has 1 N–H and O–H groups in total. The maximum atomic E-state index is 12.2. The zero-order chi connectivity index (χ0) is 15.5. The Bertz CT molecular complexity index is 684. The zero-order valence-corrected chi connectivity index (χ0v) is 13.1. The highest BCUT2D eigenvalue weighted by Gasteiger charge is 2.32. The van der Waals surface area contributed by atoms with E-state index in [4.69, 9.17) is 0 Å². The smallest absolute Gasteiger partial charge is 0.228 e. The van der Waals surface area contributed by atoms with Crippen LogP contribution in [0.3, 0.4) is 0 Å². The van der Waals surface area contributed by atoms with Gasteiger partial charge in [0.1, 0.15) is 0 Å². The molecule has 2 heterocycles. The van der Waals surface area contributed by atoms with Gasteiger partial charge in [0.05, 0.1) is 5.69 Å². The van der Waals surface area contributed by atoms with Crippen LogP contribution in [-0.2, 0) is 9.59 Å². The van der Waals surface area contributed by atoms with Crippen molar-refractivity contribution in [1.82, 2.24) is 10.2 Å². The van der Waals surface area contributed by atoms with E-state index in [2.05, 4.69) is 10.2 Å². The summed E-state index contributed by atoms with van der Waals surface area (Å²) in [6.07, 6.45) is 0.480. The van der Waals surface area contributed by atoms with Crippen LogP contribution in [0.1, 0.15) is 13.3 Å². The van der Waals surface area contributed by atoms with Crippen LogP contribution >= 0.6 is 11.8 Å². The van der Waals surface area contributed by atoms with Crippen molar-refractivity contribution in [2.45, 2.75) is 13.3 Å². The molecule has 1 aliphatic rings. The van der Waals surface area contributed by atoms with Gasteiger partial charge in [-0.1, -0.05) is 42.1 Å². The molecule has 0 bridgehead atoms. The molecule has 2 aromatic rings. The van der Waals surface area contributed by atoms with Crippen molar-refractivity contribution in [3.05, 3.63) is 36.4 Å². The summed E-state index contributed by atoms with van der Waals surface area (Å²) in [5.41, 5.74) is 1.93. The fourth-order valence-corrected chi connectivity index (χ4v) is 3.26. The highest BCUT2D eigenvalue weighted by Crippen LogP contribution is 2.28. The molecule has 1 atom stereocenters. The van der Waals surface area contributed by atoms with Gasteiger partial charge in [-0.25, -0.2) is 0 Å². The minimum atomic E-state index is 0.0697. The largest absolute Gasteiger partial charge is 0.295 e. The van der Waals surface area contributed by atoms with E-state index in [9.17, 15) is 9.59 Å². The molecule has 1 saturated heterocycles. The van der Waals surface area contributed by atoms with Crippen molar-refractivity contribution in [2.24, 2.45) is 5.92 Å². The summed E-state index contributed by atoms with van der Waals surface area (Å²) in [4.78, 5) is 24.9. The van der Waals surface area contributed by atoms with E-state index in [-0.39, 0.29) is 16.9 Å². The highest BCUT2D eigenvalue weighted by atomic mass is 32.2. The third-order valence-electron chi connectivity index (χ3n) is 3.65. The summed E-state index contributed by atoms with van der Waals surface area (Å²) >= 11 is 1.28. The number of hydrogen-bond donors (Lipinski definition) is 1. The monoisotopic (exact) mass is 315 g/mol. The van der Waals surface area contributed by atoms with Gasteiger partial charge >= 0.3 is 0 Å². The van der Waals surface area contributed by atoms with Crippen LogP contribution in [0.25, 0.3) is 11.3 Å². The number of rotatable bonds is 4. The number of anilines is 1. The summed E-state index contributed by atoms with van der Waals surface area (Å²) in [7, 11) is 0. The lowest BCUT2D eigenvalue weighted by atomic mass is 10.1. The first kappa shape index (κ1) is 14.8. The molecule has 1 aromatic carbocycles. The van der Waals surface area contributed by atoms with E-state index in [1.54, 1.807) is 11.8 Å². The predicted octanol–water partition coefficient (Wildman–Crippen LogP) is 2.71. The van der Waals surface area contributed by atoms with Crippen LogP contribution in [-0.4, -0.2) is 33.5 Å². The van der Waals surface area contributed by atoms with Crippen molar-refractivity contribution in [2.75, 3.05) is 17.2 Å². The van der Waals surface area contributed by atoms with Crippen molar-refractivity contribution in [1.29, 1.82) is 0 Å². The molecule has 1 aliphatic heterocycles. The Labute approximate surface area is 133 Å². The Hall–Kier alpha value is -2.08. The second kappa shape index (κ2) is 6.36. The fourth-order valence-electron chi connectivity index (χ4n) is 2.56. The van der Waals surface area contributed by atoms with Gasteiger partial charge in [-0.3, -0.25) is 19.6 Å². The molecule has 1 amide bonds. The van der Waals surface area contributed by atoms with Crippen LogP contribution in [0.4, 0.5) is 5.82 Å². The van der Waals surface area contributed by atoms with Gasteiger partial charge in [-0.15, -0.1) is 0 Å². The molecule has 3 rings (SSSR count). The van der Waals surface area contributed by atoms with Crippen molar-refractivity contribution in [3.63, 3.8) is 0 Å². The molecule has 1 aromatic heterocycles. The second-order valence-corrected chi connectivity index (χ2v) is 6.58. The molecule has 5 nitrogen and oxygen atoms in total. The normalized spacial score (nSPS) is 18.0. The molecule has 1 unspecified atom stereocenters. The molecular formula is C16H17N3O2S. The Morgan fingerprint density at radius 1 is 1.41 bits per heavy atom. The summed E-state index contributed by atoms with van der Waals surface area (Å²) in [6, 6.07) is 11.8. The average Bonchev–Trinajstić information content (AvgIpc) is 3.12. The van der Waals surface area contributed by atoms with Crippen LogP contribution in [0.2, 0.25) is 0 Å². The number of hydrogen-bond acceptors (Lipinski definition) is 4. The van der Waals surface area contributed by atoms with Gasteiger partial charge in [0.15, 0.2) is 10.9 Å². The number of nitrogens with zero attached hydrogens (tertiary/aromatic N) is 2. The van der Waals surface area contributed by atoms with Gasteiger partial charge in [0.2, 0.25) is 5.91 Å². The number of H-pyrrole nitrogens is 1. The topological polar surface area (TPSA) is 66.1 Å². The standard InChI is InChI=1S/C16H17N3O2S/c1-11(20)22-10-12-7-16(21)19(9-12)15-8-14(17-18-15)13-5-3-2-4-6-13/h2-6,8,12H,7,9-10H2,1H3,(H,17,18). The number of aromatic amines is 1. The van der Waals surface area contributed by atoms with E-state index in [0.717, 1.165) is 11.3 Å². The number of carbonyl (C=O) groups is 2. The SMILES string of the molecule is CC(=O)SCC1CC(=O)N(c2cc(-c3ccccc3)[nH]n2)C1. The van der Waals surface area contributed by atoms with E-state index < -0.39 is 0 Å². The highest BCUT2D eigenvalue weighted by molar-refractivity contribution is 8.13. The quantitative estimate of drug-likeness (QED) is 0.942. The Morgan fingerprint density at radius 2 is 2.18 bits per heavy atom. The minimum absolute atomic E-state index is 0.0697. The van der Waals surface area contributed by atoms with Gasteiger partial charge in [0, 0.05) is 31.7 Å². The molecule has 22 heavy (non-hydrogen) atoms. The number of aromatic nitrogens is 2. The van der Waals surface area contributed by atoms with E-state index in [1.807, 2.05) is 36.4 Å². The molecule has 6 heteroatoms. The Morgan fingerprint density at radius 3 is 2.91 bits per heavy atom. The fraction of sp³-hybridized carbons (Fsp3) is 0.312. The van der Waals surface area contributed by atoms with Gasteiger partial charge in [-0.2, -0.15) is 5.10 Å². The van der Waals surface area contributed by atoms with Gasteiger partial charge in [-0.05, 0) is 11.5 Å². The molecular weight excluding hydrogens is 298 g/mol. The van der Waals surface area contributed by atoms with E-state index in [1.165, 1.54) is 11.8 Å². The molecule has 114 valence electrons. The zero-order valence-electron chi connectivity index (χ0n) is 12.3. The first-order valence-corrected chi connectivity index (χ1v) is 8.16. The van der Waals surface area contributed by atoms with Gasteiger partial charge in [0.25, 0.3) is 0 Å². The van der Waals surface area contributed by atoms with Crippen LogP contribution in [0.15, 0.2) is 36.4 Å². The average molecular weight is 315 g/mol. The number of thioether (sulfide) groups is 1. The predicted molar refractivity (Wildman–Crippen MR) is 87.6 cm³/mol. The summed E-state index contributed by atoms with van der Waals surface area (Å²) in [5.74, 6) is 1.62. The van der Waals surface area contributed by atoms with Crippen LogP contribution in [0.5, 0.6) is 0 Å². The maximum Gasteiger partial charge on any atom is 0.228 e. The summed E-state index contributed by atoms with van der Waals surface area (Å²) < 4.78 is 0. The lowest BCUT2D eigenvalue weighted by Crippen LogP contribution is -2.25. The second-order valence-electron chi connectivity index (χ2n) is 5.38. The lowest BCUT2D eigenvalue weighted by Gasteiger charge is -2.12. The van der Waals surface area contributed by atoms with E-state index in [0.29, 0.717) is 24.5 Å².